The standard InChI is InChI=1S/C26H28F4N6O3/c1-13(2)35-11-20(26(29,30)12-35)36-23(31)21(24(32)37)22(34-36)14-4-5-15(18(28)8-14)10-33-25(38)17-9-16(27)6-7-19(17)39-3/h4-9,13,20H,10-12,31H2,1-3H3,(H2,32,37)(H,33,38). The molecular weight excluding hydrogens is 520 g/mol. The Morgan fingerprint density at radius 1 is 1.21 bits per heavy atom. The molecule has 0 bridgehead atoms. The van der Waals surface area contributed by atoms with Crippen LogP contribution < -0.4 is 21.5 Å². The third-order valence-electron chi connectivity index (χ3n) is 6.70. The molecule has 3 aromatic rings. The van der Waals surface area contributed by atoms with Gasteiger partial charge in [-0.15, -0.1) is 0 Å². The van der Waals surface area contributed by atoms with Crippen LogP contribution in [0.25, 0.3) is 11.3 Å². The summed E-state index contributed by atoms with van der Waals surface area (Å²) in [6.07, 6.45) is 0. The van der Waals surface area contributed by atoms with Crippen LogP contribution in [0.15, 0.2) is 36.4 Å². The number of hydrogen-bond acceptors (Lipinski definition) is 6. The van der Waals surface area contributed by atoms with Gasteiger partial charge in [-0.25, -0.2) is 22.2 Å². The molecule has 0 saturated carbocycles. The normalized spacial score (nSPS) is 17.0. The molecule has 1 saturated heterocycles. The lowest BCUT2D eigenvalue weighted by Crippen LogP contribution is -2.32. The highest BCUT2D eigenvalue weighted by Gasteiger charge is 2.51. The van der Waals surface area contributed by atoms with Crippen LogP contribution in [0.2, 0.25) is 0 Å². The van der Waals surface area contributed by atoms with E-state index >= 15 is 4.39 Å². The fourth-order valence-electron chi connectivity index (χ4n) is 4.54. The number of nitrogens with zero attached hydrogens (tertiary/aromatic N) is 3. The number of carbonyl (C=O) groups excluding carboxylic acids is 2. The van der Waals surface area contributed by atoms with Gasteiger partial charge in [0.05, 0.1) is 19.2 Å². The number of rotatable bonds is 8. The quantitative estimate of drug-likeness (QED) is 0.371. The van der Waals surface area contributed by atoms with Crippen LogP contribution in [0.3, 0.4) is 0 Å². The van der Waals surface area contributed by atoms with Crippen molar-refractivity contribution in [2.75, 3.05) is 25.9 Å². The van der Waals surface area contributed by atoms with Gasteiger partial charge in [-0.3, -0.25) is 14.5 Å². The lowest BCUT2D eigenvalue weighted by Gasteiger charge is -2.19. The molecule has 13 heteroatoms. The van der Waals surface area contributed by atoms with Gasteiger partial charge in [0.25, 0.3) is 17.7 Å². The Hall–Kier alpha value is -4.13. The Morgan fingerprint density at radius 3 is 2.51 bits per heavy atom. The smallest absolute Gasteiger partial charge is 0.283 e. The molecule has 208 valence electrons. The van der Waals surface area contributed by atoms with Gasteiger partial charge in [0.15, 0.2) is 0 Å². The Balaban J connectivity index is 1.61. The van der Waals surface area contributed by atoms with Gasteiger partial charge in [0.2, 0.25) is 0 Å². The minimum absolute atomic E-state index is 0.0582. The first kappa shape index (κ1) is 27.9. The number of carbonyl (C=O) groups is 2. The SMILES string of the molecule is COc1ccc(F)cc1C(=O)NCc1ccc(-c2nn(C3CN(C(C)C)CC3(F)F)c(N)c2C(N)=O)cc1F. The van der Waals surface area contributed by atoms with Gasteiger partial charge in [0.1, 0.15) is 40.5 Å². The van der Waals surface area contributed by atoms with Crippen molar-refractivity contribution in [3.63, 3.8) is 0 Å². The highest BCUT2D eigenvalue weighted by Crippen LogP contribution is 2.40. The minimum Gasteiger partial charge on any atom is -0.496 e. The van der Waals surface area contributed by atoms with Crippen LogP contribution in [0, 0.1) is 11.6 Å². The van der Waals surface area contributed by atoms with E-state index in [1.807, 2.05) is 0 Å². The summed E-state index contributed by atoms with van der Waals surface area (Å²) in [5, 5.41) is 6.67. The summed E-state index contributed by atoms with van der Waals surface area (Å²) in [5.41, 5.74) is 11.2. The van der Waals surface area contributed by atoms with Crippen LogP contribution in [0.4, 0.5) is 23.4 Å². The summed E-state index contributed by atoms with van der Waals surface area (Å²) in [4.78, 5) is 26.3. The number of nitrogen functional groups attached to an aromatic ring is 1. The number of aromatic nitrogens is 2. The van der Waals surface area contributed by atoms with E-state index in [2.05, 4.69) is 10.4 Å². The van der Waals surface area contributed by atoms with E-state index in [0.29, 0.717) is 0 Å². The maximum absolute atomic E-state index is 15.1. The zero-order valence-electron chi connectivity index (χ0n) is 21.5. The molecule has 1 unspecified atom stereocenters. The molecule has 2 heterocycles. The fourth-order valence-corrected chi connectivity index (χ4v) is 4.54. The van der Waals surface area contributed by atoms with Crippen LogP contribution in [0.5, 0.6) is 5.75 Å². The third-order valence-corrected chi connectivity index (χ3v) is 6.70. The summed E-state index contributed by atoms with van der Waals surface area (Å²) in [6, 6.07) is 5.59. The Morgan fingerprint density at radius 2 is 1.92 bits per heavy atom. The van der Waals surface area contributed by atoms with E-state index in [1.165, 1.54) is 25.3 Å². The van der Waals surface area contributed by atoms with Gasteiger partial charge >= 0.3 is 0 Å². The number of likely N-dealkylation sites (tertiary alicyclic amines) is 1. The highest BCUT2D eigenvalue weighted by atomic mass is 19.3. The van der Waals surface area contributed by atoms with Crippen LogP contribution >= 0.6 is 0 Å². The maximum atomic E-state index is 15.1. The predicted octanol–water partition coefficient (Wildman–Crippen LogP) is 3.35. The first-order valence-corrected chi connectivity index (χ1v) is 12.0. The molecule has 5 N–H and O–H groups in total. The number of ether oxygens (including phenoxy) is 1. The summed E-state index contributed by atoms with van der Waals surface area (Å²) in [7, 11) is 1.32. The zero-order chi connectivity index (χ0) is 28.6. The lowest BCUT2D eigenvalue weighted by molar-refractivity contribution is -0.0257. The number of anilines is 1. The van der Waals surface area contributed by atoms with Gasteiger partial charge in [-0.1, -0.05) is 12.1 Å². The molecule has 2 aromatic carbocycles. The second-order valence-electron chi connectivity index (χ2n) is 9.55. The Labute approximate surface area is 221 Å². The summed E-state index contributed by atoms with van der Waals surface area (Å²) in [5.74, 6) is -6.50. The number of benzene rings is 2. The van der Waals surface area contributed by atoms with Crippen molar-refractivity contribution in [1.82, 2.24) is 20.0 Å². The highest BCUT2D eigenvalue weighted by molar-refractivity contribution is 6.03. The molecule has 39 heavy (non-hydrogen) atoms. The number of nitrogens with one attached hydrogen (secondary N) is 1. The van der Waals surface area contributed by atoms with Crippen molar-refractivity contribution in [2.45, 2.75) is 38.4 Å². The monoisotopic (exact) mass is 548 g/mol. The number of hydrogen-bond donors (Lipinski definition) is 3. The molecular formula is C26H28F4N6O3. The van der Waals surface area contributed by atoms with Crippen LogP contribution in [0.1, 0.15) is 46.2 Å². The van der Waals surface area contributed by atoms with Crippen molar-refractivity contribution < 1.29 is 31.9 Å². The second-order valence-corrected chi connectivity index (χ2v) is 9.55. The van der Waals surface area contributed by atoms with E-state index < -0.39 is 42.0 Å². The average molecular weight is 549 g/mol. The molecule has 4 rings (SSSR count). The topological polar surface area (TPSA) is 128 Å². The van der Waals surface area contributed by atoms with E-state index in [0.717, 1.165) is 22.9 Å². The predicted molar refractivity (Wildman–Crippen MR) is 135 cm³/mol. The molecule has 0 aliphatic carbocycles. The molecule has 1 atom stereocenters. The first-order chi connectivity index (χ1) is 18.3. The maximum Gasteiger partial charge on any atom is 0.283 e. The molecule has 1 aliphatic rings. The molecule has 9 nitrogen and oxygen atoms in total. The number of primary amides is 1. The van der Waals surface area contributed by atoms with E-state index in [-0.39, 0.29) is 58.6 Å². The summed E-state index contributed by atoms with van der Waals surface area (Å²) < 4.78 is 64.4. The molecule has 0 radical (unpaired) electrons. The largest absolute Gasteiger partial charge is 0.496 e. The van der Waals surface area contributed by atoms with E-state index in [1.54, 1.807) is 18.7 Å². The van der Waals surface area contributed by atoms with Crippen LogP contribution in [-0.2, 0) is 6.54 Å². The first-order valence-electron chi connectivity index (χ1n) is 12.0. The van der Waals surface area contributed by atoms with Crippen molar-refractivity contribution in [1.29, 1.82) is 0 Å². The van der Waals surface area contributed by atoms with Gasteiger partial charge < -0.3 is 21.5 Å². The molecule has 0 spiro atoms. The number of alkyl halides is 2. The fraction of sp³-hybridized carbons (Fsp3) is 0.346. The molecule has 1 aliphatic heterocycles. The van der Waals surface area contributed by atoms with E-state index in [4.69, 9.17) is 16.2 Å². The lowest BCUT2D eigenvalue weighted by atomic mass is 10.0. The van der Waals surface area contributed by atoms with Gasteiger partial charge in [0, 0.05) is 30.3 Å². The zero-order valence-corrected chi connectivity index (χ0v) is 21.5. The second kappa shape index (κ2) is 10.6. The number of nitrogens with two attached hydrogens (primary N) is 2. The molecule has 1 fully saturated rings. The molecule has 1 aromatic heterocycles. The number of halogens is 4. The number of amides is 2. The van der Waals surface area contributed by atoms with Crippen LogP contribution in [-0.4, -0.2) is 58.7 Å². The van der Waals surface area contributed by atoms with E-state index in [9.17, 15) is 22.8 Å². The van der Waals surface area contributed by atoms with Crippen molar-refractivity contribution >= 4 is 17.6 Å². The minimum atomic E-state index is -3.19. The summed E-state index contributed by atoms with van der Waals surface area (Å²) >= 11 is 0. The third kappa shape index (κ3) is 5.39. The van der Waals surface area contributed by atoms with Gasteiger partial charge in [-0.2, -0.15) is 5.10 Å². The van der Waals surface area contributed by atoms with Crippen molar-refractivity contribution in [3.8, 4) is 17.0 Å². The number of methoxy groups -OCH3 is 1. The Bertz CT molecular complexity index is 1420. The molecule has 2 amide bonds. The van der Waals surface area contributed by atoms with Gasteiger partial charge in [-0.05, 0) is 38.1 Å². The van der Waals surface area contributed by atoms with Crippen molar-refractivity contribution in [3.05, 3.63) is 64.7 Å². The average Bonchev–Trinajstić information content (AvgIpc) is 3.38. The Kier molecular flexibility index (Phi) is 7.55. The summed E-state index contributed by atoms with van der Waals surface area (Å²) in [6.45, 7) is 2.74. The van der Waals surface area contributed by atoms with Crippen molar-refractivity contribution in [2.24, 2.45) is 5.73 Å².